The van der Waals surface area contributed by atoms with E-state index >= 15 is 0 Å². The first-order valence-corrected chi connectivity index (χ1v) is 8.64. The van der Waals surface area contributed by atoms with Gasteiger partial charge in [0.2, 0.25) is 0 Å². The molecule has 1 saturated heterocycles. The molecule has 0 unspecified atom stereocenters. The van der Waals surface area contributed by atoms with Crippen molar-refractivity contribution in [2.45, 2.75) is 20.3 Å². The van der Waals surface area contributed by atoms with Crippen molar-refractivity contribution in [3.63, 3.8) is 0 Å². The van der Waals surface area contributed by atoms with Crippen LogP contribution < -0.4 is 4.90 Å². The predicted molar refractivity (Wildman–Crippen MR) is 95.0 cm³/mol. The molecule has 1 aliphatic heterocycles. The lowest BCUT2D eigenvalue weighted by molar-refractivity contribution is 0.0760. The Kier molecular flexibility index (Phi) is 4.19. The molecule has 3 aromatic rings. The Morgan fingerprint density at radius 2 is 1.88 bits per heavy atom. The van der Waals surface area contributed by atoms with Gasteiger partial charge >= 0.3 is 0 Å². The van der Waals surface area contributed by atoms with Gasteiger partial charge in [0, 0.05) is 32.4 Å². The average molecular weight is 352 g/mol. The lowest BCUT2D eigenvalue weighted by atomic mass is 10.3. The standard InChI is InChI=1S/C17H20N8O/c1-12-10-19-14(11-18-12)17(26)24-7-3-6-23(8-9-24)16-5-4-15-21-20-13(2)25(15)22-16/h4-5,10-11H,3,6-9H2,1-2H3. The molecule has 9 heteroatoms. The number of carbonyl (C=O) groups is 1. The summed E-state index contributed by atoms with van der Waals surface area (Å²) < 4.78 is 1.74. The first-order chi connectivity index (χ1) is 12.6. The number of aryl methyl sites for hydroxylation is 2. The maximum absolute atomic E-state index is 12.7. The largest absolute Gasteiger partial charge is 0.353 e. The second-order valence-electron chi connectivity index (χ2n) is 6.38. The summed E-state index contributed by atoms with van der Waals surface area (Å²) in [5.74, 6) is 1.55. The Morgan fingerprint density at radius 3 is 2.69 bits per heavy atom. The fourth-order valence-electron chi connectivity index (χ4n) is 3.07. The van der Waals surface area contributed by atoms with Gasteiger partial charge in [0.15, 0.2) is 11.5 Å². The van der Waals surface area contributed by atoms with Gasteiger partial charge in [-0.25, -0.2) is 4.98 Å². The van der Waals surface area contributed by atoms with Crippen molar-refractivity contribution in [2.75, 3.05) is 31.1 Å². The highest BCUT2D eigenvalue weighted by atomic mass is 16.2. The molecule has 4 heterocycles. The number of amides is 1. The van der Waals surface area contributed by atoms with Crippen LogP contribution in [-0.4, -0.2) is 66.8 Å². The fraction of sp³-hybridized carbons (Fsp3) is 0.412. The Hall–Kier alpha value is -3.10. The smallest absolute Gasteiger partial charge is 0.274 e. The third-order valence-electron chi connectivity index (χ3n) is 4.51. The second-order valence-corrected chi connectivity index (χ2v) is 6.38. The van der Waals surface area contributed by atoms with Crippen molar-refractivity contribution in [2.24, 2.45) is 0 Å². The van der Waals surface area contributed by atoms with Crippen LogP contribution in [0.1, 0.15) is 28.4 Å². The van der Waals surface area contributed by atoms with Crippen LogP contribution in [0, 0.1) is 13.8 Å². The summed E-state index contributed by atoms with van der Waals surface area (Å²) in [6.45, 7) is 6.59. The van der Waals surface area contributed by atoms with Gasteiger partial charge in [-0.2, -0.15) is 4.52 Å². The van der Waals surface area contributed by atoms with Gasteiger partial charge in [-0.3, -0.25) is 9.78 Å². The van der Waals surface area contributed by atoms with Gasteiger partial charge in [-0.05, 0) is 32.4 Å². The van der Waals surface area contributed by atoms with Gasteiger partial charge in [0.25, 0.3) is 5.91 Å². The molecule has 26 heavy (non-hydrogen) atoms. The molecule has 0 saturated carbocycles. The summed E-state index contributed by atoms with van der Waals surface area (Å²) in [7, 11) is 0. The van der Waals surface area contributed by atoms with E-state index in [4.69, 9.17) is 0 Å². The molecule has 134 valence electrons. The molecule has 9 nitrogen and oxygen atoms in total. The van der Waals surface area contributed by atoms with E-state index < -0.39 is 0 Å². The quantitative estimate of drug-likeness (QED) is 0.676. The van der Waals surface area contributed by atoms with Crippen LogP contribution in [0.2, 0.25) is 0 Å². The minimum Gasteiger partial charge on any atom is -0.353 e. The Labute approximate surface area is 150 Å². The summed E-state index contributed by atoms with van der Waals surface area (Å²) in [6.07, 6.45) is 4.04. The van der Waals surface area contributed by atoms with Gasteiger partial charge in [0.1, 0.15) is 11.5 Å². The summed E-state index contributed by atoms with van der Waals surface area (Å²) in [6, 6.07) is 3.87. The van der Waals surface area contributed by atoms with E-state index in [-0.39, 0.29) is 5.91 Å². The fourth-order valence-corrected chi connectivity index (χ4v) is 3.07. The Bertz CT molecular complexity index is 936. The maximum atomic E-state index is 12.7. The summed E-state index contributed by atoms with van der Waals surface area (Å²) in [5.41, 5.74) is 1.92. The first-order valence-electron chi connectivity index (χ1n) is 8.64. The summed E-state index contributed by atoms with van der Waals surface area (Å²) >= 11 is 0. The average Bonchev–Trinajstić information content (AvgIpc) is 2.87. The maximum Gasteiger partial charge on any atom is 0.274 e. The monoisotopic (exact) mass is 352 g/mol. The van der Waals surface area contributed by atoms with Crippen LogP contribution in [0.4, 0.5) is 5.82 Å². The van der Waals surface area contributed by atoms with Gasteiger partial charge in [-0.15, -0.1) is 15.3 Å². The van der Waals surface area contributed by atoms with Crippen LogP contribution in [0.5, 0.6) is 0 Å². The van der Waals surface area contributed by atoms with E-state index in [2.05, 4.69) is 30.2 Å². The number of fused-ring (bicyclic) bond motifs is 1. The van der Waals surface area contributed by atoms with Crippen LogP contribution in [0.25, 0.3) is 5.65 Å². The molecular formula is C17H20N8O. The summed E-state index contributed by atoms with van der Waals surface area (Å²) in [4.78, 5) is 25.1. The summed E-state index contributed by atoms with van der Waals surface area (Å²) in [5, 5.41) is 12.7. The van der Waals surface area contributed by atoms with Crippen LogP contribution in [0.3, 0.4) is 0 Å². The molecule has 1 fully saturated rings. The predicted octanol–water partition coefficient (Wildman–Crippen LogP) is 0.884. The lowest BCUT2D eigenvalue weighted by Crippen LogP contribution is -2.36. The normalized spacial score (nSPS) is 15.3. The van der Waals surface area contributed by atoms with Crippen LogP contribution in [0.15, 0.2) is 24.5 Å². The third-order valence-corrected chi connectivity index (χ3v) is 4.51. The van der Waals surface area contributed by atoms with Crippen molar-refractivity contribution in [3.05, 3.63) is 41.7 Å². The van der Waals surface area contributed by atoms with Gasteiger partial charge in [0.05, 0.1) is 11.9 Å². The SMILES string of the molecule is Cc1cnc(C(=O)N2CCCN(c3ccc4nnc(C)n4n3)CC2)cn1. The molecule has 3 aromatic heterocycles. The van der Waals surface area contributed by atoms with Gasteiger partial charge < -0.3 is 9.80 Å². The minimum absolute atomic E-state index is 0.0718. The molecule has 0 atom stereocenters. The molecular weight excluding hydrogens is 332 g/mol. The molecule has 0 aliphatic carbocycles. The minimum atomic E-state index is -0.0718. The number of hydrogen-bond acceptors (Lipinski definition) is 7. The number of rotatable bonds is 2. The van der Waals surface area contributed by atoms with Crippen molar-refractivity contribution in [1.29, 1.82) is 0 Å². The highest BCUT2D eigenvalue weighted by Crippen LogP contribution is 2.16. The highest BCUT2D eigenvalue weighted by molar-refractivity contribution is 5.92. The number of anilines is 1. The molecule has 1 amide bonds. The lowest BCUT2D eigenvalue weighted by Gasteiger charge is -2.22. The number of nitrogens with zero attached hydrogens (tertiary/aromatic N) is 8. The number of aromatic nitrogens is 6. The molecule has 4 rings (SSSR count). The van der Waals surface area contributed by atoms with E-state index in [1.165, 1.54) is 0 Å². The Morgan fingerprint density at radius 1 is 1.00 bits per heavy atom. The first kappa shape index (κ1) is 16.4. The van der Waals surface area contributed by atoms with Crippen molar-refractivity contribution < 1.29 is 4.79 Å². The van der Waals surface area contributed by atoms with E-state index in [9.17, 15) is 4.79 Å². The van der Waals surface area contributed by atoms with Crippen molar-refractivity contribution in [3.8, 4) is 0 Å². The number of hydrogen-bond donors (Lipinski definition) is 0. The third kappa shape index (κ3) is 3.07. The molecule has 1 aliphatic rings. The molecule has 0 spiro atoms. The molecule has 0 aromatic carbocycles. The van der Waals surface area contributed by atoms with E-state index in [0.29, 0.717) is 25.3 Å². The van der Waals surface area contributed by atoms with Crippen LogP contribution >= 0.6 is 0 Å². The topological polar surface area (TPSA) is 92.4 Å². The Balaban J connectivity index is 1.49. The molecule has 0 radical (unpaired) electrons. The zero-order valence-corrected chi connectivity index (χ0v) is 14.8. The molecule has 0 bridgehead atoms. The number of carbonyl (C=O) groups excluding carboxylic acids is 1. The van der Waals surface area contributed by atoms with Crippen LogP contribution in [-0.2, 0) is 0 Å². The van der Waals surface area contributed by atoms with E-state index in [1.54, 1.807) is 16.9 Å². The second kappa shape index (κ2) is 6.66. The highest BCUT2D eigenvalue weighted by Gasteiger charge is 2.22. The zero-order chi connectivity index (χ0) is 18.1. The van der Waals surface area contributed by atoms with E-state index in [0.717, 1.165) is 35.9 Å². The van der Waals surface area contributed by atoms with Crippen molar-refractivity contribution >= 4 is 17.4 Å². The molecule has 0 N–H and O–H groups in total. The van der Waals surface area contributed by atoms with E-state index in [1.807, 2.05) is 30.9 Å². The zero-order valence-electron chi connectivity index (χ0n) is 14.8. The van der Waals surface area contributed by atoms with Crippen molar-refractivity contribution in [1.82, 2.24) is 34.7 Å². The van der Waals surface area contributed by atoms with Gasteiger partial charge in [-0.1, -0.05) is 0 Å².